The van der Waals surface area contributed by atoms with Crippen LogP contribution < -0.4 is 5.73 Å². The second kappa shape index (κ2) is 5.46. The van der Waals surface area contributed by atoms with E-state index in [-0.39, 0.29) is 0 Å². The van der Waals surface area contributed by atoms with Gasteiger partial charge in [0.2, 0.25) is 0 Å². The molecule has 0 spiro atoms. The highest BCUT2D eigenvalue weighted by molar-refractivity contribution is 9.10. The molecule has 1 aromatic heterocycles. The summed E-state index contributed by atoms with van der Waals surface area (Å²) in [6, 6.07) is 8.04. The molecule has 2 N–H and O–H groups in total. The molecule has 4 nitrogen and oxygen atoms in total. The Hall–Kier alpha value is -1.46. The van der Waals surface area contributed by atoms with Crippen molar-refractivity contribution in [1.82, 2.24) is 15.0 Å². The third-order valence-electron chi connectivity index (χ3n) is 2.54. The predicted molar refractivity (Wildman–Crippen MR) is 75.9 cm³/mol. The lowest BCUT2D eigenvalue weighted by Gasteiger charge is -2.07. The summed E-state index contributed by atoms with van der Waals surface area (Å²) in [6.45, 7) is 6.90. The third-order valence-corrected chi connectivity index (χ3v) is 3.06. The average molecular weight is 307 g/mol. The molecule has 2 aromatic rings. The van der Waals surface area contributed by atoms with Gasteiger partial charge >= 0.3 is 0 Å². The highest BCUT2D eigenvalue weighted by Gasteiger charge is 2.13. The molecule has 0 unspecified atom stereocenters. The van der Waals surface area contributed by atoms with Crippen LogP contribution in [0.1, 0.15) is 12.6 Å². The van der Waals surface area contributed by atoms with Crippen LogP contribution in [-0.4, -0.2) is 15.0 Å². The normalized spacial score (nSPS) is 10.6. The molecule has 0 fully saturated rings. The van der Waals surface area contributed by atoms with Crippen molar-refractivity contribution in [3.05, 3.63) is 46.6 Å². The first kappa shape index (κ1) is 13.0. The Morgan fingerprint density at radius 2 is 2.06 bits per heavy atom. The van der Waals surface area contributed by atoms with E-state index in [1.54, 1.807) is 0 Å². The van der Waals surface area contributed by atoms with E-state index in [4.69, 9.17) is 5.73 Å². The van der Waals surface area contributed by atoms with E-state index in [1.807, 2.05) is 35.9 Å². The monoisotopic (exact) mass is 306 g/mol. The summed E-state index contributed by atoms with van der Waals surface area (Å²) < 4.78 is 2.88. The minimum Gasteiger partial charge on any atom is -0.325 e. The van der Waals surface area contributed by atoms with Crippen molar-refractivity contribution in [2.75, 3.05) is 0 Å². The highest BCUT2D eigenvalue weighted by Crippen LogP contribution is 2.24. The van der Waals surface area contributed by atoms with Gasteiger partial charge in [-0.05, 0) is 19.1 Å². The van der Waals surface area contributed by atoms with Gasteiger partial charge in [0, 0.05) is 16.6 Å². The molecule has 0 saturated carbocycles. The summed E-state index contributed by atoms with van der Waals surface area (Å²) in [5.41, 5.74) is 9.57. The third kappa shape index (κ3) is 2.68. The van der Waals surface area contributed by atoms with Crippen LogP contribution in [-0.2, 0) is 13.1 Å². The summed E-state index contributed by atoms with van der Waals surface area (Å²) in [5.74, 6) is 0. The highest BCUT2D eigenvalue weighted by atomic mass is 79.9. The number of allylic oxidation sites excluding steroid dienone is 1. The molecule has 1 heterocycles. The van der Waals surface area contributed by atoms with Crippen molar-refractivity contribution in [3.8, 4) is 11.3 Å². The molecular weight excluding hydrogens is 292 g/mol. The minimum absolute atomic E-state index is 0.377. The van der Waals surface area contributed by atoms with E-state index in [0.29, 0.717) is 13.1 Å². The Morgan fingerprint density at radius 1 is 1.39 bits per heavy atom. The quantitative estimate of drug-likeness (QED) is 0.884. The van der Waals surface area contributed by atoms with E-state index in [0.717, 1.165) is 27.0 Å². The van der Waals surface area contributed by atoms with E-state index in [1.165, 1.54) is 0 Å². The van der Waals surface area contributed by atoms with Gasteiger partial charge in [0.15, 0.2) is 0 Å². The van der Waals surface area contributed by atoms with Gasteiger partial charge in [0.25, 0.3) is 0 Å². The van der Waals surface area contributed by atoms with Gasteiger partial charge in [0.05, 0.1) is 12.2 Å². The van der Waals surface area contributed by atoms with Gasteiger partial charge in [-0.1, -0.05) is 45.4 Å². The first-order valence-electron chi connectivity index (χ1n) is 5.64. The van der Waals surface area contributed by atoms with Crippen LogP contribution in [0.2, 0.25) is 0 Å². The molecule has 5 heteroatoms. The maximum atomic E-state index is 5.71. The number of hydrogen-bond acceptors (Lipinski definition) is 3. The number of benzene rings is 1. The molecule has 1 aromatic carbocycles. The van der Waals surface area contributed by atoms with E-state index in [2.05, 4.69) is 32.8 Å². The first-order chi connectivity index (χ1) is 8.61. The molecular formula is C13H15BrN4. The Labute approximate surface area is 115 Å². The van der Waals surface area contributed by atoms with Crippen LogP contribution in [0, 0.1) is 0 Å². The van der Waals surface area contributed by atoms with Crippen molar-refractivity contribution in [2.45, 2.75) is 20.0 Å². The van der Waals surface area contributed by atoms with Gasteiger partial charge < -0.3 is 5.73 Å². The second-order valence-corrected chi connectivity index (χ2v) is 5.13. The number of hydrogen-bond donors (Lipinski definition) is 1. The number of nitrogens with two attached hydrogens (primary N) is 1. The Bertz CT molecular complexity index is 557. The van der Waals surface area contributed by atoms with Crippen LogP contribution in [0.15, 0.2) is 40.9 Å². The number of nitrogens with zero attached hydrogens (tertiary/aromatic N) is 3. The van der Waals surface area contributed by atoms with Gasteiger partial charge in [-0.3, -0.25) is 0 Å². The predicted octanol–water partition coefficient (Wildman–Crippen LogP) is 2.74. The average Bonchev–Trinajstić information content (AvgIpc) is 2.72. The van der Waals surface area contributed by atoms with E-state index < -0.39 is 0 Å². The zero-order valence-corrected chi connectivity index (χ0v) is 11.8. The minimum atomic E-state index is 0.377. The van der Waals surface area contributed by atoms with E-state index in [9.17, 15) is 0 Å². The smallest absolute Gasteiger partial charge is 0.104 e. The largest absolute Gasteiger partial charge is 0.325 e. The van der Waals surface area contributed by atoms with Crippen LogP contribution in [0.5, 0.6) is 0 Å². The lowest BCUT2D eigenvalue weighted by Crippen LogP contribution is -2.05. The Balaban J connectivity index is 2.49. The Morgan fingerprint density at radius 3 is 2.61 bits per heavy atom. The second-order valence-electron chi connectivity index (χ2n) is 4.21. The first-order valence-corrected chi connectivity index (χ1v) is 6.44. The topological polar surface area (TPSA) is 56.7 Å². The SMILES string of the molecule is C=C(C)Cn1nnc(CN)c1-c1ccc(Br)cc1. The molecule has 0 radical (unpaired) electrons. The number of aromatic nitrogens is 3. The summed E-state index contributed by atoms with van der Waals surface area (Å²) in [7, 11) is 0. The molecule has 0 amide bonds. The van der Waals surface area contributed by atoms with Gasteiger partial charge in [0.1, 0.15) is 5.69 Å². The Kier molecular flexibility index (Phi) is 3.93. The zero-order chi connectivity index (χ0) is 13.1. The molecule has 0 saturated heterocycles. The zero-order valence-electron chi connectivity index (χ0n) is 10.2. The molecule has 94 valence electrons. The summed E-state index contributed by atoms with van der Waals surface area (Å²) in [4.78, 5) is 0. The van der Waals surface area contributed by atoms with Crippen molar-refractivity contribution in [3.63, 3.8) is 0 Å². The van der Waals surface area contributed by atoms with Crippen LogP contribution in [0.25, 0.3) is 11.3 Å². The fourth-order valence-electron chi connectivity index (χ4n) is 1.78. The molecule has 0 aliphatic rings. The van der Waals surface area contributed by atoms with Crippen molar-refractivity contribution in [1.29, 1.82) is 0 Å². The fraction of sp³-hybridized carbons (Fsp3) is 0.231. The summed E-state index contributed by atoms with van der Waals surface area (Å²) in [5, 5.41) is 8.26. The molecule has 0 atom stereocenters. The van der Waals surface area contributed by atoms with Gasteiger partial charge in [-0.25, -0.2) is 4.68 Å². The van der Waals surface area contributed by atoms with Crippen molar-refractivity contribution < 1.29 is 0 Å². The van der Waals surface area contributed by atoms with Crippen LogP contribution in [0.4, 0.5) is 0 Å². The van der Waals surface area contributed by atoms with Crippen LogP contribution in [0.3, 0.4) is 0 Å². The fourth-order valence-corrected chi connectivity index (χ4v) is 2.04. The van der Waals surface area contributed by atoms with Crippen LogP contribution >= 0.6 is 15.9 Å². The van der Waals surface area contributed by atoms with Crippen molar-refractivity contribution in [2.24, 2.45) is 5.73 Å². The van der Waals surface area contributed by atoms with E-state index >= 15 is 0 Å². The molecule has 18 heavy (non-hydrogen) atoms. The molecule has 0 aliphatic heterocycles. The maximum Gasteiger partial charge on any atom is 0.104 e. The summed E-state index contributed by atoms with van der Waals surface area (Å²) >= 11 is 3.43. The number of halogens is 1. The maximum absolute atomic E-state index is 5.71. The molecule has 0 aliphatic carbocycles. The lowest BCUT2D eigenvalue weighted by molar-refractivity contribution is 0.648. The van der Waals surface area contributed by atoms with Gasteiger partial charge in [-0.15, -0.1) is 5.10 Å². The van der Waals surface area contributed by atoms with Crippen molar-refractivity contribution >= 4 is 15.9 Å². The summed E-state index contributed by atoms with van der Waals surface area (Å²) in [6.07, 6.45) is 0. The van der Waals surface area contributed by atoms with Gasteiger partial charge in [-0.2, -0.15) is 0 Å². The lowest BCUT2D eigenvalue weighted by atomic mass is 10.1. The molecule has 0 bridgehead atoms. The molecule has 2 rings (SSSR count). The standard InChI is InChI=1S/C13H15BrN4/c1-9(2)8-18-13(12(7-15)16-17-18)10-3-5-11(14)6-4-10/h3-6H,1,7-8,15H2,2H3. The number of rotatable bonds is 4.